The molecule has 108 valence electrons. The van der Waals surface area contributed by atoms with Crippen molar-refractivity contribution in [2.75, 3.05) is 13.7 Å². The van der Waals surface area contributed by atoms with E-state index in [1.807, 2.05) is 18.2 Å². The molecule has 1 heterocycles. The number of halogens is 1. The highest BCUT2D eigenvalue weighted by atomic mass is 35.5. The fourth-order valence-electron chi connectivity index (χ4n) is 2.48. The van der Waals surface area contributed by atoms with Gasteiger partial charge < -0.3 is 4.74 Å². The number of rotatable bonds is 6. The van der Waals surface area contributed by atoms with Gasteiger partial charge in [0.1, 0.15) is 5.82 Å². The third-order valence-electron chi connectivity index (χ3n) is 3.35. The summed E-state index contributed by atoms with van der Waals surface area (Å²) in [6.45, 7) is 2.57. The van der Waals surface area contributed by atoms with Gasteiger partial charge in [-0.2, -0.15) is 0 Å². The van der Waals surface area contributed by atoms with Crippen LogP contribution in [0.25, 0.3) is 10.9 Å². The maximum absolute atomic E-state index is 12.7. The predicted molar refractivity (Wildman–Crippen MR) is 81.4 cm³/mol. The first-order chi connectivity index (χ1) is 9.72. The van der Waals surface area contributed by atoms with E-state index in [4.69, 9.17) is 16.3 Å². The highest BCUT2D eigenvalue weighted by Gasteiger charge is 2.18. The van der Waals surface area contributed by atoms with Crippen molar-refractivity contribution in [3.8, 4) is 0 Å². The van der Waals surface area contributed by atoms with Crippen LogP contribution in [0.2, 0.25) is 0 Å². The molecule has 0 bridgehead atoms. The van der Waals surface area contributed by atoms with E-state index in [0.717, 1.165) is 12.8 Å². The van der Waals surface area contributed by atoms with Crippen molar-refractivity contribution in [3.63, 3.8) is 0 Å². The number of methoxy groups -OCH3 is 1. The lowest BCUT2D eigenvalue weighted by molar-refractivity contribution is 0.147. The molecule has 1 aromatic carbocycles. The van der Waals surface area contributed by atoms with Crippen LogP contribution in [0, 0.1) is 0 Å². The normalized spacial score (nSPS) is 12.8. The van der Waals surface area contributed by atoms with Crippen LogP contribution in [0.1, 0.15) is 31.6 Å². The minimum Gasteiger partial charge on any atom is -0.383 e. The van der Waals surface area contributed by atoms with Gasteiger partial charge in [-0.15, -0.1) is 11.6 Å². The monoisotopic (exact) mass is 294 g/mol. The number of aromatic nitrogens is 2. The Labute approximate surface area is 123 Å². The Balaban J connectivity index is 2.65. The van der Waals surface area contributed by atoms with E-state index in [0.29, 0.717) is 23.3 Å². The van der Waals surface area contributed by atoms with E-state index in [1.54, 1.807) is 17.7 Å². The molecule has 0 fully saturated rings. The largest absolute Gasteiger partial charge is 0.383 e. The topological polar surface area (TPSA) is 44.1 Å². The van der Waals surface area contributed by atoms with Crippen LogP contribution in [-0.2, 0) is 10.6 Å². The van der Waals surface area contributed by atoms with Crippen molar-refractivity contribution in [2.24, 2.45) is 0 Å². The molecule has 1 aromatic heterocycles. The van der Waals surface area contributed by atoms with Crippen LogP contribution < -0.4 is 5.56 Å². The summed E-state index contributed by atoms with van der Waals surface area (Å²) < 4.78 is 6.94. The molecule has 0 amide bonds. The lowest BCUT2D eigenvalue weighted by atomic mass is 10.1. The minimum atomic E-state index is -0.0400. The van der Waals surface area contributed by atoms with Gasteiger partial charge in [0.05, 0.1) is 29.4 Å². The number of fused-ring (bicyclic) bond motifs is 1. The molecule has 0 aliphatic rings. The van der Waals surface area contributed by atoms with Crippen LogP contribution >= 0.6 is 11.6 Å². The van der Waals surface area contributed by atoms with Crippen LogP contribution in [0.4, 0.5) is 0 Å². The van der Waals surface area contributed by atoms with Gasteiger partial charge in [-0.1, -0.05) is 25.5 Å². The second kappa shape index (κ2) is 6.86. The molecular formula is C15H19ClN2O2. The molecule has 0 aliphatic heterocycles. The van der Waals surface area contributed by atoms with Crippen LogP contribution in [0.3, 0.4) is 0 Å². The molecule has 1 atom stereocenters. The highest BCUT2D eigenvalue weighted by Crippen LogP contribution is 2.18. The van der Waals surface area contributed by atoms with E-state index in [2.05, 4.69) is 11.9 Å². The first-order valence-electron chi connectivity index (χ1n) is 6.78. The maximum Gasteiger partial charge on any atom is 0.261 e. The van der Waals surface area contributed by atoms with Gasteiger partial charge in [-0.25, -0.2) is 4.98 Å². The van der Waals surface area contributed by atoms with E-state index in [9.17, 15) is 4.79 Å². The quantitative estimate of drug-likeness (QED) is 0.769. The standard InChI is InChI=1S/C15H19ClN2O2/c1-3-6-11(10-20-2)18-14(9-16)17-13-8-5-4-7-12(13)15(18)19/h4-5,7-8,11H,3,6,9-10H2,1-2H3. The van der Waals surface area contributed by atoms with Crippen LogP contribution in [0.15, 0.2) is 29.1 Å². The van der Waals surface area contributed by atoms with Crippen molar-refractivity contribution in [3.05, 3.63) is 40.4 Å². The zero-order chi connectivity index (χ0) is 14.5. The Morgan fingerprint density at radius 3 is 2.80 bits per heavy atom. The number of benzene rings is 1. The molecule has 2 rings (SSSR count). The zero-order valence-corrected chi connectivity index (χ0v) is 12.6. The summed E-state index contributed by atoms with van der Waals surface area (Å²) in [6, 6.07) is 7.33. The fraction of sp³-hybridized carbons (Fsp3) is 0.467. The summed E-state index contributed by atoms with van der Waals surface area (Å²) in [4.78, 5) is 17.2. The average molecular weight is 295 g/mol. The van der Waals surface area contributed by atoms with Gasteiger partial charge in [0.2, 0.25) is 0 Å². The number of ether oxygens (including phenoxy) is 1. The van der Waals surface area contributed by atoms with E-state index in [-0.39, 0.29) is 17.5 Å². The fourth-order valence-corrected chi connectivity index (χ4v) is 2.66. The second-order valence-electron chi connectivity index (χ2n) is 4.75. The van der Waals surface area contributed by atoms with Gasteiger partial charge in [0.15, 0.2) is 0 Å². The van der Waals surface area contributed by atoms with Gasteiger partial charge in [0.25, 0.3) is 5.56 Å². The predicted octanol–water partition coefficient (Wildman–Crippen LogP) is 3.12. The summed E-state index contributed by atoms with van der Waals surface area (Å²) in [5, 5.41) is 0.624. The molecule has 5 heteroatoms. The Morgan fingerprint density at radius 1 is 1.40 bits per heavy atom. The number of alkyl halides is 1. The summed E-state index contributed by atoms with van der Waals surface area (Å²) in [5.74, 6) is 0.815. The van der Waals surface area contributed by atoms with E-state index in [1.165, 1.54) is 0 Å². The third-order valence-corrected chi connectivity index (χ3v) is 3.59. The Morgan fingerprint density at radius 2 is 2.15 bits per heavy atom. The Kier molecular flexibility index (Phi) is 5.15. The number of hydrogen-bond acceptors (Lipinski definition) is 3. The van der Waals surface area contributed by atoms with Crippen LogP contribution in [0.5, 0.6) is 0 Å². The van der Waals surface area contributed by atoms with Crippen molar-refractivity contribution in [1.29, 1.82) is 0 Å². The molecule has 0 radical (unpaired) electrons. The van der Waals surface area contributed by atoms with Crippen molar-refractivity contribution in [2.45, 2.75) is 31.7 Å². The summed E-state index contributed by atoms with van der Waals surface area (Å²) in [7, 11) is 1.64. The van der Waals surface area contributed by atoms with Gasteiger partial charge in [0, 0.05) is 7.11 Å². The van der Waals surface area contributed by atoms with Gasteiger partial charge >= 0.3 is 0 Å². The Bertz CT molecular complexity index is 633. The summed E-state index contributed by atoms with van der Waals surface area (Å²) in [5.41, 5.74) is 0.652. The molecular weight excluding hydrogens is 276 g/mol. The molecule has 4 nitrogen and oxygen atoms in total. The highest BCUT2D eigenvalue weighted by molar-refractivity contribution is 6.16. The molecule has 0 saturated heterocycles. The smallest absolute Gasteiger partial charge is 0.261 e. The molecule has 20 heavy (non-hydrogen) atoms. The molecule has 0 saturated carbocycles. The van der Waals surface area contributed by atoms with Crippen molar-refractivity contribution < 1.29 is 4.74 Å². The molecule has 0 N–H and O–H groups in total. The summed E-state index contributed by atoms with van der Waals surface area (Å²) in [6.07, 6.45) is 1.83. The minimum absolute atomic E-state index is 0.0247. The second-order valence-corrected chi connectivity index (χ2v) is 5.02. The summed E-state index contributed by atoms with van der Waals surface area (Å²) >= 11 is 5.99. The third kappa shape index (κ3) is 2.86. The lowest BCUT2D eigenvalue weighted by Gasteiger charge is -2.21. The zero-order valence-electron chi connectivity index (χ0n) is 11.8. The van der Waals surface area contributed by atoms with Gasteiger partial charge in [-0.3, -0.25) is 9.36 Å². The number of nitrogens with zero attached hydrogens (tertiary/aromatic N) is 2. The molecule has 0 spiro atoms. The molecule has 2 aromatic rings. The maximum atomic E-state index is 12.7. The first-order valence-corrected chi connectivity index (χ1v) is 7.31. The number of para-hydroxylation sites is 1. The Hall–Kier alpha value is -1.39. The average Bonchev–Trinajstić information content (AvgIpc) is 2.47. The van der Waals surface area contributed by atoms with Crippen LogP contribution in [-0.4, -0.2) is 23.3 Å². The first kappa shape index (κ1) is 15.0. The van der Waals surface area contributed by atoms with Gasteiger partial charge in [-0.05, 0) is 18.6 Å². The van der Waals surface area contributed by atoms with Crippen molar-refractivity contribution in [1.82, 2.24) is 9.55 Å². The number of hydrogen-bond donors (Lipinski definition) is 0. The lowest BCUT2D eigenvalue weighted by Crippen LogP contribution is -2.31. The SMILES string of the molecule is CCCC(COC)n1c(CCl)nc2ccccc2c1=O. The van der Waals surface area contributed by atoms with E-state index < -0.39 is 0 Å². The van der Waals surface area contributed by atoms with E-state index >= 15 is 0 Å². The molecule has 0 aliphatic carbocycles. The molecule has 1 unspecified atom stereocenters. The van der Waals surface area contributed by atoms with Crippen molar-refractivity contribution >= 4 is 22.5 Å².